The van der Waals surface area contributed by atoms with Crippen LogP contribution in [0.1, 0.15) is 68.9 Å². The highest BCUT2D eigenvalue weighted by Gasteiger charge is 2.21. The molecule has 0 saturated heterocycles. The summed E-state index contributed by atoms with van der Waals surface area (Å²) in [6.45, 7) is 2.30. The Morgan fingerprint density at radius 3 is 2.28 bits per heavy atom. The van der Waals surface area contributed by atoms with Crippen LogP contribution in [-0.4, -0.2) is 0 Å². The summed E-state index contributed by atoms with van der Waals surface area (Å²) < 4.78 is 0. The first kappa shape index (κ1) is 13.9. The summed E-state index contributed by atoms with van der Waals surface area (Å²) in [5.41, 5.74) is 2.76. The minimum Gasteiger partial charge on any atom is -0.122 e. The molecule has 0 radical (unpaired) electrons. The molecule has 0 aliphatic heterocycles. The zero-order valence-electron chi connectivity index (χ0n) is 11.5. The summed E-state index contributed by atoms with van der Waals surface area (Å²) in [6.07, 6.45) is 9.85. The van der Waals surface area contributed by atoms with E-state index >= 15 is 0 Å². The SMILES string of the molecule is CCCC[C@H]1CC[C@H](c2ccc(CCl)cc2)CC1. The van der Waals surface area contributed by atoms with Gasteiger partial charge in [-0.2, -0.15) is 0 Å². The Kier molecular flexibility index (Phi) is 5.56. The fraction of sp³-hybridized carbons (Fsp3) is 0.647. The fourth-order valence-corrected chi connectivity index (χ4v) is 3.33. The van der Waals surface area contributed by atoms with E-state index in [9.17, 15) is 0 Å². The van der Waals surface area contributed by atoms with Crippen LogP contribution in [0, 0.1) is 5.92 Å². The molecule has 0 bridgehead atoms. The number of rotatable bonds is 5. The molecule has 1 heteroatoms. The van der Waals surface area contributed by atoms with Crippen molar-refractivity contribution in [1.82, 2.24) is 0 Å². The molecule has 0 unspecified atom stereocenters. The molecule has 100 valence electrons. The van der Waals surface area contributed by atoms with Crippen LogP contribution in [0.4, 0.5) is 0 Å². The van der Waals surface area contributed by atoms with Gasteiger partial charge in [0.25, 0.3) is 0 Å². The second kappa shape index (κ2) is 7.19. The summed E-state index contributed by atoms with van der Waals surface area (Å²) in [5, 5.41) is 0. The minimum atomic E-state index is 0.629. The zero-order valence-corrected chi connectivity index (χ0v) is 12.3. The topological polar surface area (TPSA) is 0 Å². The normalized spacial score (nSPS) is 24.1. The first-order valence-corrected chi connectivity index (χ1v) is 8.01. The van der Waals surface area contributed by atoms with Gasteiger partial charge in [0.2, 0.25) is 0 Å². The summed E-state index contributed by atoms with van der Waals surface area (Å²) in [7, 11) is 0. The van der Waals surface area contributed by atoms with E-state index < -0.39 is 0 Å². The van der Waals surface area contributed by atoms with Gasteiger partial charge in [0.1, 0.15) is 0 Å². The molecule has 0 aromatic heterocycles. The van der Waals surface area contributed by atoms with Crippen molar-refractivity contribution in [2.24, 2.45) is 5.92 Å². The van der Waals surface area contributed by atoms with Gasteiger partial charge in [-0.15, -0.1) is 11.6 Å². The Hall–Kier alpha value is -0.490. The van der Waals surface area contributed by atoms with Crippen LogP contribution in [-0.2, 0) is 5.88 Å². The number of benzene rings is 1. The number of unbranched alkanes of at least 4 members (excludes halogenated alkanes) is 1. The van der Waals surface area contributed by atoms with Crippen LogP contribution in [0.5, 0.6) is 0 Å². The van der Waals surface area contributed by atoms with E-state index in [1.807, 2.05) is 0 Å². The second-order valence-corrected chi connectivity index (χ2v) is 6.00. The molecule has 18 heavy (non-hydrogen) atoms. The molecule has 0 atom stereocenters. The van der Waals surface area contributed by atoms with Crippen molar-refractivity contribution in [2.75, 3.05) is 0 Å². The van der Waals surface area contributed by atoms with Crippen molar-refractivity contribution in [3.63, 3.8) is 0 Å². The van der Waals surface area contributed by atoms with Gasteiger partial charge in [0.15, 0.2) is 0 Å². The first-order valence-electron chi connectivity index (χ1n) is 7.48. The molecule has 1 fully saturated rings. The maximum absolute atomic E-state index is 5.83. The molecule has 0 nitrogen and oxygen atoms in total. The summed E-state index contributed by atoms with van der Waals surface area (Å²) in [4.78, 5) is 0. The van der Waals surface area contributed by atoms with Crippen molar-refractivity contribution >= 4 is 11.6 Å². The van der Waals surface area contributed by atoms with Gasteiger partial charge in [0, 0.05) is 5.88 Å². The number of alkyl halides is 1. The van der Waals surface area contributed by atoms with E-state index in [4.69, 9.17) is 11.6 Å². The third kappa shape index (κ3) is 3.75. The lowest BCUT2D eigenvalue weighted by Crippen LogP contribution is -2.13. The lowest BCUT2D eigenvalue weighted by Gasteiger charge is -2.28. The highest BCUT2D eigenvalue weighted by molar-refractivity contribution is 6.17. The highest BCUT2D eigenvalue weighted by atomic mass is 35.5. The third-order valence-electron chi connectivity index (χ3n) is 4.42. The average Bonchev–Trinajstić information content (AvgIpc) is 2.46. The molecule has 1 aromatic carbocycles. The Morgan fingerprint density at radius 2 is 1.72 bits per heavy atom. The van der Waals surface area contributed by atoms with Gasteiger partial charge in [-0.05, 0) is 48.6 Å². The second-order valence-electron chi connectivity index (χ2n) is 5.74. The largest absolute Gasteiger partial charge is 0.122 e. The minimum absolute atomic E-state index is 0.629. The Labute approximate surface area is 117 Å². The van der Waals surface area contributed by atoms with E-state index in [2.05, 4.69) is 31.2 Å². The number of hydrogen-bond donors (Lipinski definition) is 0. The summed E-state index contributed by atoms with van der Waals surface area (Å²) >= 11 is 5.83. The Balaban J connectivity index is 1.84. The van der Waals surface area contributed by atoms with Crippen LogP contribution in [0.2, 0.25) is 0 Å². The average molecular weight is 265 g/mol. The lowest BCUT2D eigenvalue weighted by molar-refractivity contribution is 0.304. The van der Waals surface area contributed by atoms with Crippen molar-refractivity contribution in [3.8, 4) is 0 Å². The van der Waals surface area contributed by atoms with Gasteiger partial charge in [-0.3, -0.25) is 0 Å². The maximum atomic E-state index is 5.83. The van der Waals surface area contributed by atoms with Crippen molar-refractivity contribution < 1.29 is 0 Å². The molecule has 0 heterocycles. The molecular formula is C17H25Cl. The third-order valence-corrected chi connectivity index (χ3v) is 4.73. The quantitative estimate of drug-likeness (QED) is 0.582. The van der Waals surface area contributed by atoms with Crippen LogP contribution in [0.3, 0.4) is 0 Å². The number of halogens is 1. The molecule has 0 amide bonds. The standard InChI is InChI=1S/C17H25Cl/c1-2-3-4-14-5-9-16(10-6-14)17-11-7-15(13-18)8-12-17/h7-8,11-12,14,16H,2-6,9-10,13H2,1H3/t14-,16-. The predicted molar refractivity (Wildman–Crippen MR) is 80.2 cm³/mol. The first-order chi connectivity index (χ1) is 8.83. The van der Waals surface area contributed by atoms with Crippen molar-refractivity contribution in [1.29, 1.82) is 0 Å². The van der Waals surface area contributed by atoms with Crippen molar-refractivity contribution in [3.05, 3.63) is 35.4 Å². The van der Waals surface area contributed by atoms with Crippen LogP contribution in [0.25, 0.3) is 0 Å². The van der Waals surface area contributed by atoms with Crippen LogP contribution >= 0.6 is 11.6 Å². The molecular weight excluding hydrogens is 240 g/mol. The molecule has 0 spiro atoms. The number of hydrogen-bond acceptors (Lipinski definition) is 0. The predicted octanol–water partition coefficient (Wildman–Crippen LogP) is 5.89. The highest BCUT2D eigenvalue weighted by Crippen LogP contribution is 2.37. The van der Waals surface area contributed by atoms with Gasteiger partial charge in [-0.1, -0.05) is 50.5 Å². The fourth-order valence-electron chi connectivity index (χ4n) is 3.16. The molecule has 1 aliphatic rings. The van der Waals surface area contributed by atoms with E-state index in [1.165, 1.54) is 56.1 Å². The molecule has 1 aliphatic carbocycles. The monoisotopic (exact) mass is 264 g/mol. The van der Waals surface area contributed by atoms with E-state index in [0.29, 0.717) is 5.88 Å². The van der Waals surface area contributed by atoms with Gasteiger partial charge in [-0.25, -0.2) is 0 Å². The van der Waals surface area contributed by atoms with E-state index in [-0.39, 0.29) is 0 Å². The van der Waals surface area contributed by atoms with Crippen LogP contribution in [0.15, 0.2) is 24.3 Å². The van der Waals surface area contributed by atoms with E-state index in [0.717, 1.165) is 11.8 Å². The Morgan fingerprint density at radius 1 is 1.06 bits per heavy atom. The molecule has 1 saturated carbocycles. The zero-order chi connectivity index (χ0) is 12.8. The molecule has 1 aromatic rings. The Bertz CT molecular complexity index is 333. The summed E-state index contributed by atoms with van der Waals surface area (Å²) in [6, 6.07) is 8.94. The van der Waals surface area contributed by atoms with Gasteiger partial charge >= 0.3 is 0 Å². The van der Waals surface area contributed by atoms with Gasteiger partial charge < -0.3 is 0 Å². The molecule has 2 rings (SSSR count). The van der Waals surface area contributed by atoms with Crippen LogP contribution < -0.4 is 0 Å². The maximum Gasteiger partial charge on any atom is 0.0474 e. The summed E-state index contributed by atoms with van der Waals surface area (Å²) in [5.74, 6) is 2.43. The van der Waals surface area contributed by atoms with E-state index in [1.54, 1.807) is 0 Å². The van der Waals surface area contributed by atoms with Gasteiger partial charge in [0.05, 0.1) is 0 Å². The lowest BCUT2D eigenvalue weighted by atomic mass is 9.77. The molecule has 0 N–H and O–H groups in total. The van der Waals surface area contributed by atoms with Crippen molar-refractivity contribution in [2.45, 2.75) is 63.7 Å². The smallest absolute Gasteiger partial charge is 0.0474 e.